The standard InChI is InChI=1S/C21H23ClN2O2/c1-13(2)16-8-6-7-14(3)20(16)24-12-15(11-19(24)25)21(26)23-18-10-5-4-9-17(18)22/h4-10,13,15H,11-12H2,1-3H3,(H,23,26). The zero-order valence-electron chi connectivity index (χ0n) is 15.3. The first-order valence-electron chi connectivity index (χ1n) is 8.83. The highest BCUT2D eigenvalue weighted by atomic mass is 35.5. The fourth-order valence-electron chi connectivity index (χ4n) is 3.41. The Kier molecular flexibility index (Phi) is 5.33. The number of halogens is 1. The van der Waals surface area contributed by atoms with Crippen LogP contribution in [0.1, 0.15) is 37.3 Å². The fourth-order valence-corrected chi connectivity index (χ4v) is 3.60. The molecule has 1 atom stereocenters. The van der Waals surface area contributed by atoms with Crippen LogP contribution in [-0.2, 0) is 9.59 Å². The molecule has 0 saturated carbocycles. The second-order valence-corrected chi connectivity index (χ2v) is 7.45. The van der Waals surface area contributed by atoms with Crippen LogP contribution in [0, 0.1) is 12.8 Å². The van der Waals surface area contributed by atoms with Gasteiger partial charge < -0.3 is 10.2 Å². The minimum absolute atomic E-state index is 0.0134. The third-order valence-corrected chi connectivity index (χ3v) is 5.12. The monoisotopic (exact) mass is 370 g/mol. The summed E-state index contributed by atoms with van der Waals surface area (Å²) >= 11 is 6.11. The van der Waals surface area contributed by atoms with Gasteiger partial charge in [-0.15, -0.1) is 0 Å². The molecule has 1 unspecified atom stereocenters. The highest BCUT2D eigenvalue weighted by Gasteiger charge is 2.36. The average molecular weight is 371 g/mol. The van der Waals surface area contributed by atoms with Gasteiger partial charge in [0.15, 0.2) is 0 Å². The summed E-state index contributed by atoms with van der Waals surface area (Å²) < 4.78 is 0. The number of nitrogens with one attached hydrogen (secondary N) is 1. The van der Waals surface area contributed by atoms with Gasteiger partial charge in [0.05, 0.1) is 16.6 Å². The topological polar surface area (TPSA) is 49.4 Å². The van der Waals surface area contributed by atoms with Crippen LogP contribution in [-0.4, -0.2) is 18.4 Å². The number of anilines is 2. The molecule has 0 bridgehead atoms. The Balaban J connectivity index is 1.82. The fraction of sp³-hybridized carbons (Fsp3) is 0.333. The number of para-hydroxylation sites is 2. The summed E-state index contributed by atoms with van der Waals surface area (Å²) in [5, 5.41) is 3.34. The van der Waals surface area contributed by atoms with Crippen LogP contribution in [0.4, 0.5) is 11.4 Å². The molecule has 26 heavy (non-hydrogen) atoms. The molecule has 0 spiro atoms. The molecule has 5 heteroatoms. The number of hydrogen-bond acceptors (Lipinski definition) is 2. The van der Waals surface area contributed by atoms with Crippen LogP contribution in [0.5, 0.6) is 0 Å². The SMILES string of the molecule is Cc1cccc(C(C)C)c1N1CC(C(=O)Nc2ccccc2Cl)CC1=O. The molecule has 0 aliphatic carbocycles. The van der Waals surface area contributed by atoms with Gasteiger partial charge in [-0.05, 0) is 36.1 Å². The van der Waals surface area contributed by atoms with Gasteiger partial charge in [-0.2, -0.15) is 0 Å². The van der Waals surface area contributed by atoms with E-state index in [0.717, 1.165) is 16.8 Å². The molecule has 4 nitrogen and oxygen atoms in total. The van der Waals surface area contributed by atoms with Crippen LogP contribution in [0.3, 0.4) is 0 Å². The molecule has 1 aliphatic rings. The van der Waals surface area contributed by atoms with Gasteiger partial charge >= 0.3 is 0 Å². The molecule has 1 N–H and O–H groups in total. The molecule has 1 aliphatic heterocycles. The van der Waals surface area contributed by atoms with Gasteiger partial charge in [0.2, 0.25) is 11.8 Å². The highest BCUT2D eigenvalue weighted by molar-refractivity contribution is 6.33. The second kappa shape index (κ2) is 7.50. The van der Waals surface area contributed by atoms with Crippen LogP contribution in [0.25, 0.3) is 0 Å². The number of carbonyl (C=O) groups excluding carboxylic acids is 2. The van der Waals surface area contributed by atoms with Crippen LogP contribution in [0.2, 0.25) is 5.02 Å². The molecular formula is C21H23ClN2O2. The molecule has 2 aromatic rings. The van der Waals surface area contributed by atoms with E-state index >= 15 is 0 Å². The van der Waals surface area contributed by atoms with E-state index in [9.17, 15) is 9.59 Å². The Morgan fingerprint density at radius 3 is 2.62 bits per heavy atom. The Morgan fingerprint density at radius 1 is 1.19 bits per heavy atom. The quantitative estimate of drug-likeness (QED) is 0.843. The van der Waals surface area contributed by atoms with Crippen molar-refractivity contribution in [3.05, 3.63) is 58.6 Å². The summed E-state index contributed by atoms with van der Waals surface area (Å²) in [6.45, 7) is 6.62. The van der Waals surface area contributed by atoms with Crippen LogP contribution in [0.15, 0.2) is 42.5 Å². The number of benzene rings is 2. The smallest absolute Gasteiger partial charge is 0.229 e. The van der Waals surface area contributed by atoms with E-state index in [0.29, 0.717) is 23.2 Å². The first-order valence-corrected chi connectivity index (χ1v) is 9.21. The van der Waals surface area contributed by atoms with Crippen LogP contribution < -0.4 is 10.2 Å². The molecule has 0 radical (unpaired) electrons. The highest BCUT2D eigenvalue weighted by Crippen LogP contribution is 2.35. The lowest BCUT2D eigenvalue weighted by Crippen LogP contribution is -2.29. The lowest BCUT2D eigenvalue weighted by molar-refractivity contribution is -0.122. The number of amides is 2. The largest absolute Gasteiger partial charge is 0.324 e. The van der Waals surface area contributed by atoms with Crippen molar-refractivity contribution in [3.63, 3.8) is 0 Å². The number of nitrogens with zero attached hydrogens (tertiary/aromatic N) is 1. The van der Waals surface area contributed by atoms with Gasteiger partial charge in [-0.1, -0.05) is 55.8 Å². The zero-order chi connectivity index (χ0) is 18.8. The van der Waals surface area contributed by atoms with Crippen molar-refractivity contribution in [2.24, 2.45) is 5.92 Å². The Labute approximate surface area is 159 Å². The number of rotatable bonds is 4. The maximum absolute atomic E-state index is 12.7. The van der Waals surface area contributed by atoms with Gasteiger partial charge in [-0.25, -0.2) is 0 Å². The van der Waals surface area contributed by atoms with E-state index in [1.807, 2.05) is 31.2 Å². The number of hydrogen-bond donors (Lipinski definition) is 1. The summed E-state index contributed by atoms with van der Waals surface area (Å²) in [5.74, 6) is -0.277. The normalized spacial score (nSPS) is 17.0. The van der Waals surface area contributed by atoms with Crippen molar-refractivity contribution in [2.45, 2.75) is 33.1 Å². The first kappa shape index (κ1) is 18.5. The summed E-state index contributed by atoms with van der Waals surface area (Å²) in [7, 11) is 0. The predicted molar refractivity (Wildman–Crippen MR) is 106 cm³/mol. The third-order valence-electron chi connectivity index (χ3n) is 4.79. The van der Waals surface area contributed by atoms with Crippen molar-refractivity contribution in [1.29, 1.82) is 0 Å². The van der Waals surface area contributed by atoms with E-state index in [2.05, 4.69) is 25.2 Å². The molecule has 0 aromatic heterocycles. The molecule has 136 valence electrons. The predicted octanol–water partition coefficient (Wildman–Crippen LogP) is 4.76. The van der Waals surface area contributed by atoms with Crippen LogP contribution >= 0.6 is 11.6 Å². The zero-order valence-corrected chi connectivity index (χ0v) is 16.0. The minimum Gasteiger partial charge on any atom is -0.324 e. The van der Waals surface area contributed by atoms with Gasteiger partial charge in [0, 0.05) is 18.7 Å². The molecule has 1 heterocycles. The van der Waals surface area contributed by atoms with E-state index in [4.69, 9.17) is 11.6 Å². The van der Waals surface area contributed by atoms with Crippen molar-refractivity contribution in [3.8, 4) is 0 Å². The third kappa shape index (κ3) is 3.61. The lowest BCUT2D eigenvalue weighted by Gasteiger charge is -2.24. The van der Waals surface area contributed by atoms with E-state index in [1.54, 1.807) is 17.0 Å². The summed E-state index contributed by atoms with van der Waals surface area (Å²) in [5.41, 5.74) is 3.70. The summed E-state index contributed by atoms with van der Waals surface area (Å²) in [6, 6.07) is 13.2. The molecule has 3 rings (SSSR count). The molecular weight excluding hydrogens is 348 g/mol. The molecule has 2 aromatic carbocycles. The Bertz CT molecular complexity index is 848. The minimum atomic E-state index is -0.390. The molecule has 2 amide bonds. The van der Waals surface area contributed by atoms with E-state index < -0.39 is 5.92 Å². The Morgan fingerprint density at radius 2 is 1.92 bits per heavy atom. The molecule has 1 saturated heterocycles. The van der Waals surface area contributed by atoms with Crippen molar-refractivity contribution < 1.29 is 9.59 Å². The summed E-state index contributed by atoms with van der Waals surface area (Å²) in [4.78, 5) is 27.1. The van der Waals surface area contributed by atoms with Gasteiger partial charge in [-0.3, -0.25) is 9.59 Å². The Hall–Kier alpha value is -2.33. The van der Waals surface area contributed by atoms with Gasteiger partial charge in [0.1, 0.15) is 0 Å². The first-order chi connectivity index (χ1) is 12.4. The second-order valence-electron chi connectivity index (χ2n) is 7.04. The number of aryl methyl sites for hydroxylation is 1. The maximum atomic E-state index is 12.7. The van der Waals surface area contributed by atoms with E-state index in [-0.39, 0.29) is 18.2 Å². The van der Waals surface area contributed by atoms with E-state index in [1.165, 1.54) is 0 Å². The molecule has 1 fully saturated rings. The van der Waals surface area contributed by atoms with Gasteiger partial charge in [0.25, 0.3) is 0 Å². The van der Waals surface area contributed by atoms with Crippen molar-refractivity contribution in [1.82, 2.24) is 0 Å². The maximum Gasteiger partial charge on any atom is 0.229 e. The average Bonchev–Trinajstić information content (AvgIpc) is 2.98. The van der Waals surface area contributed by atoms with Crippen molar-refractivity contribution in [2.75, 3.05) is 16.8 Å². The number of carbonyl (C=O) groups is 2. The lowest BCUT2D eigenvalue weighted by atomic mass is 9.97. The summed E-state index contributed by atoms with van der Waals surface area (Å²) in [6.07, 6.45) is 0.210. The van der Waals surface area contributed by atoms with Crippen molar-refractivity contribution >= 4 is 34.8 Å².